The van der Waals surface area contributed by atoms with Crippen LogP contribution in [-0.4, -0.2) is 17.1 Å². The molecule has 0 saturated heterocycles. The smallest absolute Gasteiger partial charge is 0.339 e. The van der Waals surface area contributed by atoms with E-state index in [1.165, 1.54) is 23.9 Å². The fourth-order valence-corrected chi connectivity index (χ4v) is 1.25. The first-order valence-electron chi connectivity index (χ1n) is 4.09. The molecule has 1 heterocycles. The Morgan fingerprint density at radius 2 is 2.29 bits per heavy atom. The van der Waals surface area contributed by atoms with E-state index < -0.39 is 5.97 Å². The molecule has 4 nitrogen and oxygen atoms in total. The van der Waals surface area contributed by atoms with E-state index in [1.54, 1.807) is 6.92 Å². The minimum absolute atomic E-state index is 0.0121. The standard InChI is InChI=1S/C9H10ClNO3/c1-3-14-9(13)6-4-7(10)8(12)11(2)5-6/h4-5H,3H2,1-2H3. The number of esters is 1. The lowest BCUT2D eigenvalue weighted by Crippen LogP contribution is -2.19. The highest BCUT2D eigenvalue weighted by Crippen LogP contribution is 2.06. The van der Waals surface area contributed by atoms with Crippen LogP contribution in [0.4, 0.5) is 0 Å². The van der Waals surface area contributed by atoms with Crippen molar-refractivity contribution in [1.82, 2.24) is 4.57 Å². The van der Waals surface area contributed by atoms with Crippen molar-refractivity contribution in [3.05, 3.63) is 33.2 Å². The number of ether oxygens (including phenoxy) is 1. The van der Waals surface area contributed by atoms with Crippen LogP contribution in [0.15, 0.2) is 17.1 Å². The average Bonchev–Trinajstić information content (AvgIpc) is 2.13. The third-order valence-corrected chi connectivity index (χ3v) is 1.92. The normalized spacial score (nSPS) is 9.93. The van der Waals surface area contributed by atoms with Gasteiger partial charge in [0.15, 0.2) is 0 Å². The number of carbonyl (C=O) groups is 1. The Hall–Kier alpha value is -1.29. The molecule has 0 bridgehead atoms. The van der Waals surface area contributed by atoms with Gasteiger partial charge in [0.05, 0.1) is 12.2 Å². The number of hydrogen-bond acceptors (Lipinski definition) is 3. The molecule has 0 spiro atoms. The molecule has 0 atom stereocenters. The van der Waals surface area contributed by atoms with Crippen molar-refractivity contribution < 1.29 is 9.53 Å². The maximum absolute atomic E-state index is 11.3. The maximum Gasteiger partial charge on any atom is 0.339 e. The Morgan fingerprint density at radius 3 is 2.79 bits per heavy atom. The predicted molar refractivity (Wildman–Crippen MR) is 52.6 cm³/mol. The molecular formula is C9H10ClNO3. The van der Waals surface area contributed by atoms with Gasteiger partial charge in [0, 0.05) is 13.2 Å². The third kappa shape index (κ3) is 2.14. The van der Waals surface area contributed by atoms with E-state index in [2.05, 4.69) is 0 Å². The molecule has 1 aromatic heterocycles. The van der Waals surface area contributed by atoms with Gasteiger partial charge in [0.1, 0.15) is 5.02 Å². The van der Waals surface area contributed by atoms with Gasteiger partial charge in [-0.15, -0.1) is 0 Å². The molecule has 0 unspecified atom stereocenters. The number of rotatable bonds is 2. The van der Waals surface area contributed by atoms with Crippen molar-refractivity contribution in [3.8, 4) is 0 Å². The Morgan fingerprint density at radius 1 is 1.64 bits per heavy atom. The quantitative estimate of drug-likeness (QED) is 0.697. The van der Waals surface area contributed by atoms with Gasteiger partial charge in [-0.3, -0.25) is 4.79 Å². The van der Waals surface area contributed by atoms with E-state index in [0.29, 0.717) is 6.61 Å². The molecule has 0 N–H and O–H groups in total. The number of nitrogens with zero attached hydrogens (tertiary/aromatic N) is 1. The Kier molecular flexibility index (Phi) is 3.30. The van der Waals surface area contributed by atoms with Crippen molar-refractivity contribution >= 4 is 17.6 Å². The number of halogens is 1. The topological polar surface area (TPSA) is 48.3 Å². The first kappa shape index (κ1) is 10.8. The molecule has 76 valence electrons. The molecule has 1 aromatic rings. The van der Waals surface area contributed by atoms with E-state index in [0.717, 1.165) is 0 Å². The van der Waals surface area contributed by atoms with Gasteiger partial charge < -0.3 is 9.30 Å². The Balaban J connectivity index is 3.13. The molecule has 0 amide bonds. The van der Waals surface area contributed by atoms with Crippen molar-refractivity contribution in [2.24, 2.45) is 7.05 Å². The molecule has 0 aromatic carbocycles. The van der Waals surface area contributed by atoms with Gasteiger partial charge in [-0.1, -0.05) is 11.6 Å². The lowest BCUT2D eigenvalue weighted by Gasteiger charge is -2.04. The van der Waals surface area contributed by atoms with Crippen LogP contribution < -0.4 is 5.56 Å². The second-order valence-electron chi connectivity index (χ2n) is 2.71. The zero-order valence-corrected chi connectivity index (χ0v) is 8.67. The average molecular weight is 216 g/mol. The number of hydrogen-bond donors (Lipinski definition) is 0. The van der Waals surface area contributed by atoms with Gasteiger partial charge >= 0.3 is 5.97 Å². The number of pyridine rings is 1. The van der Waals surface area contributed by atoms with E-state index >= 15 is 0 Å². The van der Waals surface area contributed by atoms with Gasteiger partial charge in [-0.05, 0) is 13.0 Å². The summed E-state index contributed by atoms with van der Waals surface area (Å²) in [6, 6.07) is 1.31. The largest absolute Gasteiger partial charge is 0.462 e. The minimum Gasteiger partial charge on any atom is -0.462 e. The van der Waals surface area contributed by atoms with Gasteiger partial charge in [-0.25, -0.2) is 4.79 Å². The number of carbonyl (C=O) groups excluding carboxylic acids is 1. The summed E-state index contributed by atoms with van der Waals surface area (Å²) in [5.74, 6) is -0.481. The first-order valence-corrected chi connectivity index (χ1v) is 4.47. The number of aryl methyl sites for hydroxylation is 1. The molecule has 0 aliphatic heterocycles. The van der Waals surface area contributed by atoms with Crippen LogP contribution in [0.2, 0.25) is 5.02 Å². The van der Waals surface area contributed by atoms with E-state index in [1.807, 2.05) is 0 Å². The molecule has 0 radical (unpaired) electrons. The van der Waals surface area contributed by atoms with Gasteiger partial charge in [-0.2, -0.15) is 0 Å². The summed E-state index contributed by atoms with van der Waals surface area (Å²) < 4.78 is 6.01. The second kappa shape index (κ2) is 4.28. The Labute approximate surface area is 86.1 Å². The van der Waals surface area contributed by atoms with Crippen molar-refractivity contribution in [1.29, 1.82) is 0 Å². The summed E-state index contributed by atoms with van der Waals surface area (Å²) in [4.78, 5) is 22.4. The molecule has 1 rings (SSSR count). The van der Waals surface area contributed by atoms with Crippen LogP contribution in [0.1, 0.15) is 17.3 Å². The van der Waals surface area contributed by atoms with E-state index in [9.17, 15) is 9.59 Å². The van der Waals surface area contributed by atoms with Crippen LogP contribution in [0.3, 0.4) is 0 Å². The lowest BCUT2D eigenvalue weighted by molar-refractivity contribution is 0.0525. The Bertz CT molecular complexity index is 385. The first-order chi connectivity index (χ1) is 6.56. The van der Waals surface area contributed by atoms with E-state index in [-0.39, 0.29) is 16.1 Å². The number of aromatic nitrogens is 1. The predicted octanol–water partition coefficient (Wildman–Crippen LogP) is 1.22. The molecule has 5 heteroatoms. The molecule has 0 aliphatic carbocycles. The van der Waals surface area contributed by atoms with Crippen LogP contribution in [-0.2, 0) is 11.8 Å². The fraction of sp³-hybridized carbons (Fsp3) is 0.333. The molecule has 14 heavy (non-hydrogen) atoms. The summed E-state index contributed by atoms with van der Waals surface area (Å²) in [6.07, 6.45) is 1.40. The van der Waals surface area contributed by atoms with Crippen molar-refractivity contribution in [2.75, 3.05) is 6.61 Å². The fourth-order valence-electron chi connectivity index (χ4n) is 0.997. The van der Waals surface area contributed by atoms with Crippen LogP contribution in [0, 0.1) is 0 Å². The molecule has 0 saturated carbocycles. The lowest BCUT2D eigenvalue weighted by atomic mass is 10.3. The summed E-state index contributed by atoms with van der Waals surface area (Å²) in [6.45, 7) is 2.00. The van der Waals surface area contributed by atoms with Gasteiger partial charge in [0.2, 0.25) is 0 Å². The molecule has 0 aliphatic rings. The zero-order valence-electron chi connectivity index (χ0n) is 7.91. The van der Waals surface area contributed by atoms with Crippen LogP contribution >= 0.6 is 11.6 Å². The summed E-state index contributed by atoms with van der Waals surface area (Å²) >= 11 is 5.62. The van der Waals surface area contributed by atoms with Crippen molar-refractivity contribution in [3.63, 3.8) is 0 Å². The van der Waals surface area contributed by atoms with Gasteiger partial charge in [0.25, 0.3) is 5.56 Å². The monoisotopic (exact) mass is 215 g/mol. The minimum atomic E-state index is -0.481. The molecular weight excluding hydrogens is 206 g/mol. The highest BCUT2D eigenvalue weighted by Gasteiger charge is 2.09. The van der Waals surface area contributed by atoms with Crippen molar-refractivity contribution in [2.45, 2.75) is 6.92 Å². The molecule has 0 fully saturated rings. The summed E-state index contributed by atoms with van der Waals surface area (Å²) in [7, 11) is 1.52. The van der Waals surface area contributed by atoms with Crippen LogP contribution in [0.5, 0.6) is 0 Å². The SMILES string of the molecule is CCOC(=O)c1cc(Cl)c(=O)n(C)c1. The summed E-state index contributed by atoms with van der Waals surface area (Å²) in [5.41, 5.74) is -0.0568. The third-order valence-electron chi connectivity index (χ3n) is 1.65. The summed E-state index contributed by atoms with van der Waals surface area (Å²) in [5, 5.41) is 0.0121. The second-order valence-corrected chi connectivity index (χ2v) is 3.12. The highest BCUT2D eigenvalue weighted by atomic mass is 35.5. The van der Waals surface area contributed by atoms with E-state index in [4.69, 9.17) is 16.3 Å². The zero-order chi connectivity index (χ0) is 10.7. The van der Waals surface area contributed by atoms with Crippen LogP contribution in [0.25, 0.3) is 0 Å². The maximum atomic E-state index is 11.3. The highest BCUT2D eigenvalue weighted by molar-refractivity contribution is 6.30.